The van der Waals surface area contributed by atoms with Crippen LogP contribution in [0.15, 0.2) is 42.7 Å². The number of ether oxygens (including phenoxy) is 1. The monoisotopic (exact) mass is 282 g/mol. The Bertz CT molecular complexity index is 587. The van der Waals surface area contributed by atoms with Crippen LogP contribution in [-0.2, 0) is 6.42 Å². The Morgan fingerprint density at radius 2 is 2.19 bits per heavy atom. The molecule has 1 N–H and O–H groups in total. The van der Waals surface area contributed by atoms with Gasteiger partial charge in [-0.05, 0) is 48.7 Å². The molecule has 2 unspecified atom stereocenters. The van der Waals surface area contributed by atoms with Crippen molar-refractivity contribution in [3.05, 3.63) is 59.4 Å². The van der Waals surface area contributed by atoms with Crippen molar-refractivity contribution < 1.29 is 4.74 Å². The Labute approximate surface area is 126 Å². The van der Waals surface area contributed by atoms with E-state index < -0.39 is 0 Å². The number of nitrogens with zero attached hydrogens (tertiary/aromatic N) is 1. The second-order valence-electron chi connectivity index (χ2n) is 5.63. The average molecular weight is 282 g/mol. The van der Waals surface area contributed by atoms with Crippen LogP contribution < -0.4 is 10.1 Å². The van der Waals surface area contributed by atoms with E-state index in [0.717, 1.165) is 25.1 Å². The minimum Gasteiger partial charge on any atom is -0.488 e. The van der Waals surface area contributed by atoms with E-state index >= 15 is 0 Å². The summed E-state index contributed by atoms with van der Waals surface area (Å²) in [6, 6.07) is 10.6. The van der Waals surface area contributed by atoms with E-state index in [1.807, 2.05) is 18.5 Å². The van der Waals surface area contributed by atoms with E-state index in [1.165, 1.54) is 16.7 Å². The normalized spacial score (nSPS) is 18.1. The zero-order valence-corrected chi connectivity index (χ0v) is 12.7. The predicted molar refractivity (Wildman–Crippen MR) is 84.6 cm³/mol. The minimum atomic E-state index is 0.136. The van der Waals surface area contributed by atoms with Crippen molar-refractivity contribution >= 4 is 0 Å². The van der Waals surface area contributed by atoms with Gasteiger partial charge < -0.3 is 10.1 Å². The number of fused-ring (bicyclic) bond motifs is 1. The Kier molecular flexibility index (Phi) is 4.20. The first-order valence-electron chi connectivity index (χ1n) is 7.68. The summed E-state index contributed by atoms with van der Waals surface area (Å²) >= 11 is 0. The van der Waals surface area contributed by atoms with Gasteiger partial charge in [-0.1, -0.05) is 25.1 Å². The maximum Gasteiger partial charge on any atom is 0.123 e. The van der Waals surface area contributed by atoms with E-state index in [0.29, 0.717) is 0 Å². The third kappa shape index (κ3) is 2.93. The molecule has 3 rings (SSSR count). The molecule has 2 atom stereocenters. The summed E-state index contributed by atoms with van der Waals surface area (Å²) in [5.74, 6) is 1.02. The smallest absolute Gasteiger partial charge is 0.123 e. The molecule has 110 valence electrons. The predicted octanol–water partition coefficient (Wildman–Crippen LogP) is 3.43. The molecule has 1 aromatic carbocycles. The van der Waals surface area contributed by atoms with Gasteiger partial charge in [-0.2, -0.15) is 0 Å². The molecule has 1 aliphatic rings. The van der Waals surface area contributed by atoms with Crippen LogP contribution in [0.1, 0.15) is 36.1 Å². The van der Waals surface area contributed by atoms with Crippen molar-refractivity contribution in [1.82, 2.24) is 10.3 Å². The summed E-state index contributed by atoms with van der Waals surface area (Å²) in [7, 11) is 0. The number of hydrogen-bond donors (Lipinski definition) is 1. The molecular weight excluding hydrogens is 260 g/mol. The highest BCUT2D eigenvalue weighted by Crippen LogP contribution is 2.34. The van der Waals surface area contributed by atoms with E-state index in [4.69, 9.17) is 4.74 Å². The van der Waals surface area contributed by atoms with E-state index in [2.05, 4.69) is 48.4 Å². The number of pyridine rings is 1. The summed E-state index contributed by atoms with van der Waals surface area (Å²) in [5.41, 5.74) is 3.80. The molecule has 0 fully saturated rings. The molecule has 0 bridgehead atoms. The lowest BCUT2D eigenvalue weighted by molar-refractivity contribution is 0.178. The van der Waals surface area contributed by atoms with Crippen LogP contribution in [-0.4, -0.2) is 17.6 Å². The maximum absolute atomic E-state index is 6.19. The quantitative estimate of drug-likeness (QED) is 0.912. The number of aromatic nitrogens is 1. The average Bonchev–Trinajstić information content (AvgIpc) is 2.93. The lowest BCUT2D eigenvalue weighted by Gasteiger charge is -2.26. The molecule has 1 aliphatic heterocycles. The fraction of sp³-hybridized carbons (Fsp3) is 0.389. The van der Waals surface area contributed by atoms with Crippen LogP contribution in [0.3, 0.4) is 0 Å². The van der Waals surface area contributed by atoms with Crippen molar-refractivity contribution in [1.29, 1.82) is 0 Å². The van der Waals surface area contributed by atoms with Gasteiger partial charge in [0.1, 0.15) is 11.9 Å². The summed E-state index contributed by atoms with van der Waals surface area (Å²) < 4.78 is 6.19. The standard InChI is InChI=1S/C18H22N2O/c1-3-9-20-18(15-12-19-10-8-13(15)2)17-11-14-6-4-5-7-16(14)21-17/h4-8,10,12,17-18,20H,3,9,11H2,1-2H3. The van der Waals surface area contributed by atoms with Crippen molar-refractivity contribution in [2.75, 3.05) is 6.54 Å². The second kappa shape index (κ2) is 6.27. The van der Waals surface area contributed by atoms with Crippen molar-refractivity contribution in [2.24, 2.45) is 0 Å². The second-order valence-corrected chi connectivity index (χ2v) is 5.63. The summed E-state index contributed by atoms with van der Waals surface area (Å²) in [6.07, 6.45) is 6.01. The molecule has 2 aromatic rings. The van der Waals surface area contributed by atoms with Crippen LogP contribution in [0.2, 0.25) is 0 Å². The van der Waals surface area contributed by atoms with Crippen molar-refractivity contribution in [2.45, 2.75) is 38.8 Å². The topological polar surface area (TPSA) is 34.2 Å². The van der Waals surface area contributed by atoms with Crippen LogP contribution in [0, 0.1) is 6.92 Å². The number of benzene rings is 1. The number of hydrogen-bond acceptors (Lipinski definition) is 3. The SMILES string of the molecule is CCCNC(c1cnccc1C)C1Cc2ccccc2O1. The minimum absolute atomic E-state index is 0.136. The summed E-state index contributed by atoms with van der Waals surface area (Å²) in [5, 5.41) is 3.64. The Hall–Kier alpha value is -1.87. The molecule has 3 heteroatoms. The Balaban J connectivity index is 1.86. The molecule has 0 saturated heterocycles. The van der Waals surface area contributed by atoms with Crippen LogP contribution >= 0.6 is 0 Å². The largest absolute Gasteiger partial charge is 0.488 e. The highest BCUT2D eigenvalue weighted by Gasteiger charge is 2.31. The third-order valence-electron chi connectivity index (χ3n) is 4.07. The fourth-order valence-corrected chi connectivity index (χ4v) is 2.94. The van der Waals surface area contributed by atoms with Crippen LogP contribution in [0.25, 0.3) is 0 Å². The number of nitrogens with one attached hydrogen (secondary N) is 1. The van der Waals surface area contributed by atoms with Crippen LogP contribution in [0.4, 0.5) is 0 Å². The molecule has 0 amide bonds. The molecule has 0 spiro atoms. The highest BCUT2D eigenvalue weighted by molar-refractivity contribution is 5.39. The maximum atomic E-state index is 6.19. The summed E-state index contributed by atoms with van der Waals surface area (Å²) in [6.45, 7) is 5.30. The van der Waals surface area contributed by atoms with Crippen LogP contribution in [0.5, 0.6) is 5.75 Å². The fourth-order valence-electron chi connectivity index (χ4n) is 2.94. The highest BCUT2D eigenvalue weighted by atomic mass is 16.5. The zero-order chi connectivity index (χ0) is 14.7. The zero-order valence-electron chi connectivity index (χ0n) is 12.7. The third-order valence-corrected chi connectivity index (χ3v) is 4.07. The lowest BCUT2D eigenvalue weighted by Crippen LogP contribution is -2.36. The van der Waals surface area contributed by atoms with Gasteiger partial charge in [-0.15, -0.1) is 0 Å². The molecule has 1 aromatic heterocycles. The van der Waals surface area contributed by atoms with Gasteiger partial charge in [0.05, 0.1) is 6.04 Å². The molecule has 0 radical (unpaired) electrons. The van der Waals surface area contributed by atoms with Gasteiger partial charge in [0.2, 0.25) is 0 Å². The Morgan fingerprint density at radius 1 is 1.33 bits per heavy atom. The molecule has 0 saturated carbocycles. The van der Waals surface area contributed by atoms with Gasteiger partial charge in [0, 0.05) is 18.8 Å². The van der Waals surface area contributed by atoms with Crippen molar-refractivity contribution in [3.63, 3.8) is 0 Å². The molecule has 0 aliphatic carbocycles. The first-order valence-corrected chi connectivity index (χ1v) is 7.68. The van der Waals surface area contributed by atoms with Gasteiger partial charge in [0.25, 0.3) is 0 Å². The number of para-hydroxylation sites is 1. The first kappa shape index (κ1) is 14.1. The summed E-state index contributed by atoms with van der Waals surface area (Å²) in [4.78, 5) is 4.30. The van der Waals surface area contributed by atoms with Gasteiger partial charge in [-0.3, -0.25) is 4.98 Å². The molecule has 2 heterocycles. The van der Waals surface area contributed by atoms with E-state index in [1.54, 1.807) is 0 Å². The lowest BCUT2D eigenvalue weighted by atomic mass is 9.96. The van der Waals surface area contributed by atoms with E-state index in [9.17, 15) is 0 Å². The molecule has 3 nitrogen and oxygen atoms in total. The number of aryl methyl sites for hydroxylation is 1. The molecular formula is C18H22N2O. The van der Waals surface area contributed by atoms with E-state index in [-0.39, 0.29) is 12.1 Å². The van der Waals surface area contributed by atoms with Crippen molar-refractivity contribution in [3.8, 4) is 5.75 Å². The number of rotatable bonds is 5. The van der Waals surface area contributed by atoms with Gasteiger partial charge >= 0.3 is 0 Å². The Morgan fingerprint density at radius 3 is 2.95 bits per heavy atom. The molecule has 21 heavy (non-hydrogen) atoms. The van der Waals surface area contributed by atoms with Gasteiger partial charge in [0.15, 0.2) is 0 Å². The first-order chi connectivity index (χ1) is 10.3. The van der Waals surface area contributed by atoms with Gasteiger partial charge in [-0.25, -0.2) is 0 Å².